The zero-order chi connectivity index (χ0) is 23.8. The predicted molar refractivity (Wildman–Crippen MR) is 143 cm³/mol. The zero-order valence-electron chi connectivity index (χ0n) is 19.5. The molecule has 2 heteroatoms. The Bertz CT molecular complexity index is 1570. The van der Waals surface area contributed by atoms with Crippen LogP contribution in [0.15, 0.2) is 127 Å². The fourth-order valence-corrected chi connectivity index (χ4v) is 5.53. The van der Waals surface area contributed by atoms with E-state index < -0.39 is 11.8 Å². The molecular formula is C33H25FO. The highest BCUT2D eigenvalue weighted by Gasteiger charge is 2.46. The van der Waals surface area contributed by atoms with E-state index in [0.29, 0.717) is 5.56 Å². The lowest BCUT2D eigenvalue weighted by Gasteiger charge is -2.38. The molecule has 6 aromatic carbocycles. The van der Waals surface area contributed by atoms with Crippen LogP contribution in [0.3, 0.4) is 0 Å². The maximum atomic E-state index is 17.5. The molecule has 170 valence electrons. The first-order valence-corrected chi connectivity index (χ1v) is 11.9. The maximum Gasteiger partial charge on any atom is 0.163 e. The van der Waals surface area contributed by atoms with Crippen LogP contribution < -0.4 is 0 Å². The van der Waals surface area contributed by atoms with Crippen LogP contribution in [-0.2, 0) is 10.3 Å². The van der Waals surface area contributed by atoms with Crippen molar-refractivity contribution in [1.82, 2.24) is 0 Å². The molecule has 1 nitrogen and oxygen atoms in total. The molecule has 0 spiro atoms. The van der Waals surface area contributed by atoms with E-state index in [-0.39, 0.29) is 0 Å². The number of halogens is 1. The summed E-state index contributed by atoms with van der Waals surface area (Å²) in [5.74, 6) is 0. The summed E-state index contributed by atoms with van der Waals surface area (Å²) in [6.45, 7) is 0. The third kappa shape index (κ3) is 3.33. The van der Waals surface area contributed by atoms with Crippen molar-refractivity contribution >= 4 is 32.3 Å². The standard InChI is InChI=1S/C33H25FO/c1-35-33(30-21-9-15-24-12-3-6-18-27(24)30,31-22-10-16-25-13-4-7-19-28(25)31)32(34)29-20-8-14-23-11-2-5-17-26(23)29/h2-22,32H,1H3. The summed E-state index contributed by atoms with van der Waals surface area (Å²) in [5, 5.41) is 5.96. The van der Waals surface area contributed by atoms with Gasteiger partial charge in [0.1, 0.15) is 0 Å². The molecule has 0 fully saturated rings. The Morgan fingerprint density at radius 2 is 0.914 bits per heavy atom. The van der Waals surface area contributed by atoms with Crippen molar-refractivity contribution in [2.24, 2.45) is 0 Å². The number of ether oxygens (including phenoxy) is 1. The van der Waals surface area contributed by atoms with Gasteiger partial charge in [0, 0.05) is 7.11 Å². The van der Waals surface area contributed by atoms with Gasteiger partial charge in [-0.1, -0.05) is 127 Å². The van der Waals surface area contributed by atoms with E-state index in [4.69, 9.17) is 4.74 Å². The lowest BCUT2D eigenvalue weighted by molar-refractivity contribution is -0.0427. The van der Waals surface area contributed by atoms with Crippen molar-refractivity contribution in [2.45, 2.75) is 11.8 Å². The molecular weight excluding hydrogens is 431 g/mol. The van der Waals surface area contributed by atoms with Crippen molar-refractivity contribution in [3.8, 4) is 0 Å². The zero-order valence-corrected chi connectivity index (χ0v) is 19.5. The van der Waals surface area contributed by atoms with E-state index in [1.165, 1.54) is 0 Å². The minimum absolute atomic E-state index is 0.616. The Morgan fingerprint density at radius 1 is 0.514 bits per heavy atom. The quantitative estimate of drug-likeness (QED) is 0.252. The summed E-state index contributed by atoms with van der Waals surface area (Å²) in [7, 11) is 1.63. The molecule has 35 heavy (non-hydrogen) atoms. The first kappa shape index (κ1) is 21.5. The molecule has 0 saturated heterocycles. The van der Waals surface area contributed by atoms with E-state index in [1.807, 2.05) is 91.0 Å². The van der Waals surface area contributed by atoms with Gasteiger partial charge in [0.2, 0.25) is 0 Å². The van der Waals surface area contributed by atoms with Crippen LogP contribution in [0.25, 0.3) is 32.3 Å². The molecule has 0 bridgehead atoms. The molecule has 0 aromatic heterocycles. The van der Waals surface area contributed by atoms with E-state index >= 15 is 4.39 Å². The largest absolute Gasteiger partial charge is 0.365 e. The number of hydrogen-bond donors (Lipinski definition) is 0. The van der Waals surface area contributed by atoms with Crippen molar-refractivity contribution in [1.29, 1.82) is 0 Å². The second-order valence-corrected chi connectivity index (χ2v) is 8.92. The van der Waals surface area contributed by atoms with Gasteiger partial charge in [-0.25, -0.2) is 4.39 Å². The normalized spacial score (nSPS) is 12.9. The summed E-state index contributed by atoms with van der Waals surface area (Å²) in [4.78, 5) is 0. The number of benzene rings is 6. The Hall–Kier alpha value is -4.01. The summed E-state index contributed by atoms with van der Waals surface area (Å²) < 4.78 is 23.9. The Labute approximate surface area is 204 Å². The fourth-order valence-electron chi connectivity index (χ4n) is 5.53. The van der Waals surface area contributed by atoms with E-state index in [0.717, 1.165) is 43.4 Å². The number of rotatable bonds is 5. The van der Waals surface area contributed by atoms with Gasteiger partial charge in [0.15, 0.2) is 11.8 Å². The molecule has 0 aliphatic rings. The van der Waals surface area contributed by atoms with E-state index in [9.17, 15) is 0 Å². The van der Waals surface area contributed by atoms with Crippen LogP contribution in [0, 0.1) is 0 Å². The van der Waals surface area contributed by atoms with Gasteiger partial charge >= 0.3 is 0 Å². The average molecular weight is 457 g/mol. The van der Waals surface area contributed by atoms with Gasteiger partial charge in [0.25, 0.3) is 0 Å². The molecule has 0 aliphatic heterocycles. The minimum atomic E-state index is -1.46. The van der Waals surface area contributed by atoms with Crippen LogP contribution in [0.2, 0.25) is 0 Å². The highest BCUT2D eigenvalue weighted by molar-refractivity contribution is 5.92. The van der Waals surface area contributed by atoms with Gasteiger partial charge in [-0.3, -0.25) is 0 Å². The summed E-state index contributed by atoms with van der Waals surface area (Å²) in [6, 6.07) is 42.2. The topological polar surface area (TPSA) is 9.23 Å². The lowest BCUT2D eigenvalue weighted by Crippen LogP contribution is -2.36. The predicted octanol–water partition coefficient (Wildman–Crippen LogP) is 8.75. The van der Waals surface area contributed by atoms with Gasteiger partial charge in [-0.2, -0.15) is 0 Å². The minimum Gasteiger partial charge on any atom is -0.365 e. The van der Waals surface area contributed by atoms with Gasteiger partial charge < -0.3 is 4.74 Å². The third-order valence-electron chi connectivity index (χ3n) is 7.15. The molecule has 0 heterocycles. The molecule has 0 N–H and O–H groups in total. The summed E-state index contributed by atoms with van der Waals surface area (Å²) in [5.41, 5.74) is 0.877. The first-order valence-electron chi connectivity index (χ1n) is 11.9. The molecule has 0 aliphatic carbocycles. The molecule has 0 radical (unpaired) electrons. The summed E-state index contributed by atoms with van der Waals surface area (Å²) in [6.07, 6.45) is -1.46. The molecule has 1 atom stereocenters. The van der Waals surface area contributed by atoms with Crippen molar-refractivity contribution in [2.75, 3.05) is 7.11 Å². The van der Waals surface area contributed by atoms with Crippen molar-refractivity contribution < 1.29 is 9.13 Å². The molecule has 1 unspecified atom stereocenters. The fraction of sp³-hybridized carbons (Fsp3) is 0.0909. The van der Waals surface area contributed by atoms with Gasteiger partial charge in [-0.15, -0.1) is 0 Å². The van der Waals surface area contributed by atoms with Crippen LogP contribution in [-0.4, -0.2) is 7.11 Å². The number of hydrogen-bond acceptors (Lipinski definition) is 1. The van der Waals surface area contributed by atoms with Gasteiger partial charge in [-0.05, 0) is 49.0 Å². The Morgan fingerprint density at radius 3 is 1.43 bits per heavy atom. The van der Waals surface area contributed by atoms with Crippen LogP contribution in [0.1, 0.15) is 22.9 Å². The van der Waals surface area contributed by atoms with Gasteiger partial charge in [0.05, 0.1) is 0 Å². The smallest absolute Gasteiger partial charge is 0.163 e. The number of methoxy groups -OCH3 is 1. The van der Waals surface area contributed by atoms with Crippen LogP contribution in [0.4, 0.5) is 4.39 Å². The second-order valence-electron chi connectivity index (χ2n) is 8.92. The second kappa shape index (κ2) is 8.65. The lowest BCUT2D eigenvalue weighted by atomic mass is 9.75. The first-order chi connectivity index (χ1) is 17.2. The number of fused-ring (bicyclic) bond motifs is 3. The molecule has 0 saturated carbocycles. The highest BCUT2D eigenvalue weighted by Crippen LogP contribution is 2.51. The number of alkyl halides is 1. The molecule has 0 amide bonds. The monoisotopic (exact) mass is 456 g/mol. The Balaban J connectivity index is 1.75. The SMILES string of the molecule is COC(c1cccc2ccccc12)(c1cccc2ccccc12)C(F)c1cccc2ccccc12. The van der Waals surface area contributed by atoms with E-state index in [1.54, 1.807) is 7.11 Å². The average Bonchev–Trinajstić information content (AvgIpc) is 2.93. The van der Waals surface area contributed by atoms with Crippen molar-refractivity contribution in [3.63, 3.8) is 0 Å². The van der Waals surface area contributed by atoms with Crippen LogP contribution >= 0.6 is 0 Å². The molecule has 6 rings (SSSR count). The summed E-state index contributed by atoms with van der Waals surface area (Å²) >= 11 is 0. The maximum absolute atomic E-state index is 17.5. The van der Waals surface area contributed by atoms with Crippen LogP contribution in [0.5, 0.6) is 0 Å². The Kier molecular flexibility index (Phi) is 5.32. The van der Waals surface area contributed by atoms with Crippen molar-refractivity contribution in [3.05, 3.63) is 144 Å². The van der Waals surface area contributed by atoms with E-state index in [2.05, 4.69) is 36.4 Å². The molecule has 6 aromatic rings. The highest BCUT2D eigenvalue weighted by atomic mass is 19.1. The third-order valence-corrected chi connectivity index (χ3v) is 7.15.